The van der Waals surface area contributed by atoms with Crippen LogP contribution in [0.25, 0.3) is 0 Å². The third kappa shape index (κ3) is 2.56. The zero-order chi connectivity index (χ0) is 16.7. The molecule has 1 atom stereocenters. The van der Waals surface area contributed by atoms with Crippen molar-refractivity contribution in [3.8, 4) is 0 Å². The lowest BCUT2D eigenvalue weighted by molar-refractivity contribution is -0.117. The number of nitrogens with zero attached hydrogens (tertiary/aromatic N) is 3. The van der Waals surface area contributed by atoms with Crippen LogP contribution in [0.2, 0.25) is 0 Å². The summed E-state index contributed by atoms with van der Waals surface area (Å²) in [7, 11) is 0. The highest BCUT2D eigenvalue weighted by molar-refractivity contribution is 5.97. The number of anilines is 1. The third-order valence-electron chi connectivity index (χ3n) is 5.81. The minimum atomic E-state index is -0.0608. The van der Waals surface area contributed by atoms with Gasteiger partial charge in [-0.2, -0.15) is 0 Å². The van der Waals surface area contributed by atoms with Crippen LogP contribution < -0.4 is 4.90 Å². The Morgan fingerprint density at radius 3 is 2.54 bits per heavy atom. The fourth-order valence-corrected chi connectivity index (χ4v) is 4.46. The van der Waals surface area contributed by atoms with E-state index in [4.69, 9.17) is 0 Å². The number of para-hydroxylation sites is 1. The highest BCUT2D eigenvalue weighted by atomic mass is 16.2. The van der Waals surface area contributed by atoms with Gasteiger partial charge in [0.05, 0.1) is 0 Å². The molecule has 5 heteroatoms. The SMILES string of the molecule is Cc1ccccc1N1CC2(CCN(C(=O)N3CCCC3)C2)CC1=O. The van der Waals surface area contributed by atoms with Gasteiger partial charge in [-0.1, -0.05) is 18.2 Å². The van der Waals surface area contributed by atoms with Gasteiger partial charge in [-0.25, -0.2) is 4.79 Å². The second-order valence-corrected chi connectivity index (χ2v) is 7.59. The van der Waals surface area contributed by atoms with E-state index in [2.05, 4.69) is 0 Å². The third-order valence-corrected chi connectivity index (χ3v) is 5.81. The van der Waals surface area contributed by atoms with Crippen molar-refractivity contribution in [2.45, 2.75) is 32.6 Å². The highest BCUT2D eigenvalue weighted by Crippen LogP contribution is 2.42. The maximum absolute atomic E-state index is 12.6. The molecule has 1 unspecified atom stereocenters. The van der Waals surface area contributed by atoms with E-state index in [1.807, 2.05) is 45.9 Å². The van der Waals surface area contributed by atoms with Gasteiger partial charge in [0.1, 0.15) is 0 Å². The van der Waals surface area contributed by atoms with Crippen LogP contribution in [0.4, 0.5) is 10.5 Å². The topological polar surface area (TPSA) is 43.9 Å². The molecule has 4 rings (SSSR count). The summed E-state index contributed by atoms with van der Waals surface area (Å²) in [6.07, 6.45) is 3.72. The highest BCUT2D eigenvalue weighted by Gasteiger charge is 2.49. The Morgan fingerprint density at radius 1 is 1.04 bits per heavy atom. The van der Waals surface area contributed by atoms with Crippen molar-refractivity contribution >= 4 is 17.6 Å². The average Bonchev–Trinajstić information content (AvgIpc) is 3.29. The monoisotopic (exact) mass is 327 g/mol. The number of urea groups is 1. The number of aryl methyl sites for hydroxylation is 1. The van der Waals surface area contributed by atoms with Crippen molar-refractivity contribution < 1.29 is 9.59 Å². The molecule has 1 aromatic carbocycles. The molecule has 0 N–H and O–H groups in total. The Hall–Kier alpha value is -2.04. The summed E-state index contributed by atoms with van der Waals surface area (Å²) in [6, 6.07) is 8.23. The molecule has 3 aliphatic rings. The van der Waals surface area contributed by atoms with Crippen molar-refractivity contribution in [3.05, 3.63) is 29.8 Å². The first-order valence-electron chi connectivity index (χ1n) is 8.98. The summed E-state index contributed by atoms with van der Waals surface area (Å²) >= 11 is 0. The van der Waals surface area contributed by atoms with Crippen LogP contribution in [-0.4, -0.2) is 54.5 Å². The molecule has 5 nitrogen and oxygen atoms in total. The van der Waals surface area contributed by atoms with Gasteiger partial charge in [-0.15, -0.1) is 0 Å². The predicted molar refractivity (Wildman–Crippen MR) is 93.0 cm³/mol. The van der Waals surface area contributed by atoms with Crippen molar-refractivity contribution in [3.63, 3.8) is 0 Å². The number of likely N-dealkylation sites (tertiary alicyclic amines) is 2. The molecule has 128 valence electrons. The van der Waals surface area contributed by atoms with Gasteiger partial charge in [-0.05, 0) is 37.8 Å². The maximum Gasteiger partial charge on any atom is 0.320 e. The molecule has 1 spiro atoms. The van der Waals surface area contributed by atoms with Crippen molar-refractivity contribution in [1.29, 1.82) is 0 Å². The number of carbonyl (C=O) groups excluding carboxylic acids is 2. The molecule has 0 bridgehead atoms. The number of rotatable bonds is 1. The van der Waals surface area contributed by atoms with E-state index < -0.39 is 0 Å². The average molecular weight is 327 g/mol. The number of carbonyl (C=O) groups is 2. The largest absolute Gasteiger partial charge is 0.325 e. The Balaban J connectivity index is 1.48. The van der Waals surface area contributed by atoms with Crippen LogP contribution in [0, 0.1) is 12.3 Å². The number of hydrogen-bond donors (Lipinski definition) is 0. The van der Waals surface area contributed by atoms with Crippen LogP contribution in [0.5, 0.6) is 0 Å². The smallest absolute Gasteiger partial charge is 0.320 e. The molecule has 0 aliphatic carbocycles. The van der Waals surface area contributed by atoms with Crippen molar-refractivity contribution in [2.24, 2.45) is 5.41 Å². The Morgan fingerprint density at radius 2 is 1.79 bits per heavy atom. The summed E-state index contributed by atoms with van der Waals surface area (Å²) in [5.41, 5.74) is 2.09. The quantitative estimate of drug-likeness (QED) is 0.796. The molecule has 3 fully saturated rings. The summed E-state index contributed by atoms with van der Waals surface area (Å²) in [6.45, 7) is 6.06. The summed E-state index contributed by atoms with van der Waals surface area (Å²) in [4.78, 5) is 31.1. The van der Waals surface area contributed by atoms with Crippen LogP contribution in [-0.2, 0) is 4.79 Å². The summed E-state index contributed by atoms with van der Waals surface area (Å²) in [5.74, 6) is 0.194. The van der Waals surface area contributed by atoms with Crippen molar-refractivity contribution in [2.75, 3.05) is 37.6 Å². The van der Waals surface area contributed by atoms with E-state index in [-0.39, 0.29) is 17.4 Å². The summed E-state index contributed by atoms with van der Waals surface area (Å²) in [5, 5.41) is 0. The molecular formula is C19H25N3O2. The molecule has 3 amide bonds. The Kier molecular flexibility index (Phi) is 3.74. The van der Waals surface area contributed by atoms with Gasteiger partial charge >= 0.3 is 6.03 Å². The number of amides is 3. The minimum Gasteiger partial charge on any atom is -0.325 e. The minimum absolute atomic E-state index is 0.0608. The van der Waals surface area contributed by atoms with E-state index in [0.717, 1.165) is 63.2 Å². The van der Waals surface area contributed by atoms with Crippen LogP contribution in [0.3, 0.4) is 0 Å². The predicted octanol–water partition coefficient (Wildman–Crippen LogP) is 2.64. The van der Waals surface area contributed by atoms with Gasteiger partial charge in [0, 0.05) is 50.2 Å². The normalized spacial score (nSPS) is 26.9. The zero-order valence-corrected chi connectivity index (χ0v) is 14.3. The molecule has 3 saturated heterocycles. The molecule has 0 saturated carbocycles. The lowest BCUT2D eigenvalue weighted by Gasteiger charge is -2.27. The zero-order valence-electron chi connectivity index (χ0n) is 14.3. The van der Waals surface area contributed by atoms with Gasteiger partial charge in [0.15, 0.2) is 0 Å². The fraction of sp³-hybridized carbons (Fsp3) is 0.579. The fourth-order valence-electron chi connectivity index (χ4n) is 4.46. The van der Waals surface area contributed by atoms with Gasteiger partial charge in [-0.3, -0.25) is 4.79 Å². The molecule has 3 heterocycles. The molecule has 1 aromatic rings. The first-order chi connectivity index (χ1) is 11.6. The summed E-state index contributed by atoms with van der Waals surface area (Å²) < 4.78 is 0. The Labute approximate surface area is 143 Å². The standard InChI is InChI=1S/C19H25N3O2/c1-15-6-2-3-7-16(15)22-14-19(12-17(22)23)8-11-21(13-19)18(24)20-9-4-5-10-20/h2-3,6-7H,4-5,8-14H2,1H3. The van der Waals surface area contributed by atoms with Crippen molar-refractivity contribution in [1.82, 2.24) is 9.80 Å². The number of hydrogen-bond acceptors (Lipinski definition) is 2. The number of benzene rings is 1. The van der Waals surface area contributed by atoms with Gasteiger partial charge in [0.2, 0.25) is 5.91 Å². The van der Waals surface area contributed by atoms with Gasteiger partial charge < -0.3 is 14.7 Å². The lowest BCUT2D eigenvalue weighted by Crippen LogP contribution is -2.42. The van der Waals surface area contributed by atoms with Gasteiger partial charge in [0.25, 0.3) is 0 Å². The van der Waals surface area contributed by atoms with Crippen LogP contribution in [0.15, 0.2) is 24.3 Å². The molecule has 0 aromatic heterocycles. The molecule has 3 aliphatic heterocycles. The van der Waals surface area contributed by atoms with E-state index in [9.17, 15) is 9.59 Å². The first kappa shape index (κ1) is 15.5. The van der Waals surface area contributed by atoms with E-state index in [1.54, 1.807) is 0 Å². The lowest BCUT2D eigenvalue weighted by atomic mass is 9.86. The molecule has 0 radical (unpaired) electrons. The second kappa shape index (κ2) is 5.80. The molecule has 24 heavy (non-hydrogen) atoms. The Bertz CT molecular complexity index is 668. The first-order valence-corrected chi connectivity index (χ1v) is 8.98. The maximum atomic E-state index is 12.6. The van der Waals surface area contributed by atoms with E-state index in [1.165, 1.54) is 0 Å². The second-order valence-electron chi connectivity index (χ2n) is 7.59. The van der Waals surface area contributed by atoms with Crippen LogP contribution >= 0.6 is 0 Å². The van der Waals surface area contributed by atoms with Crippen LogP contribution in [0.1, 0.15) is 31.2 Å². The van der Waals surface area contributed by atoms with E-state index in [0.29, 0.717) is 6.42 Å². The molecular weight excluding hydrogens is 302 g/mol. The van der Waals surface area contributed by atoms with E-state index >= 15 is 0 Å².